The molecule has 0 saturated carbocycles. The number of ketones is 1. The van der Waals surface area contributed by atoms with Gasteiger partial charge >= 0.3 is 0 Å². The summed E-state index contributed by atoms with van der Waals surface area (Å²) in [5.74, 6) is -0.795. The van der Waals surface area contributed by atoms with Crippen molar-refractivity contribution >= 4 is 5.78 Å². The second-order valence-corrected chi connectivity index (χ2v) is 3.54. The Hall–Kier alpha value is -1.22. The average Bonchev–Trinajstić information content (AvgIpc) is 2.12. The Morgan fingerprint density at radius 3 is 2.36 bits per heavy atom. The van der Waals surface area contributed by atoms with Crippen LogP contribution in [0.5, 0.6) is 0 Å². The van der Waals surface area contributed by atoms with Crippen molar-refractivity contribution < 1.29 is 9.18 Å². The third-order valence-electron chi connectivity index (χ3n) is 2.20. The minimum absolute atomic E-state index is 0.125. The molecule has 1 atom stereocenters. The Bertz CT molecular complexity index is 372. The number of halogens is 1. The first-order valence-corrected chi connectivity index (χ1v) is 4.50. The van der Waals surface area contributed by atoms with Crippen molar-refractivity contribution in [1.82, 2.24) is 0 Å². The molecule has 76 valence electrons. The van der Waals surface area contributed by atoms with Crippen LogP contribution < -0.4 is 5.73 Å². The molecule has 0 fully saturated rings. The monoisotopic (exact) mass is 195 g/mol. The molecule has 0 aromatic heterocycles. The molecule has 0 heterocycles. The van der Waals surface area contributed by atoms with E-state index in [0.29, 0.717) is 11.1 Å². The molecule has 0 amide bonds. The molecule has 1 rings (SSSR count). The van der Waals surface area contributed by atoms with E-state index in [4.69, 9.17) is 5.73 Å². The van der Waals surface area contributed by atoms with Gasteiger partial charge in [0.05, 0.1) is 11.6 Å². The predicted octanol–water partition coefficient (Wildman–Crippen LogP) is 1.97. The molecule has 1 aromatic rings. The van der Waals surface area contributed by atoms with Crippen molar-refractivity contribution in [2.24, 2.45) is 5.73 Å². The Balaban J connectivity index is 3.33. The molecule has 0 saturated heterocycles. The zero-order valence-electron chi connectivity index (χ0n) is 8.60. The summed E-state index contributed by atoms with van der Waals surface area (Å²) in [6.45, 7) is 4.90. The smallest absolute Gasteiger partial charge is 0.182 e. The maximum atomic E-state index is 13.6. The van der Waals surface area contributed by atoms with Gasteiger partial charge in [-0.1, -0.05) is 12.1 Å². The van der Waals surface area contributed by atoms with Gasteiger partial charge in [-0.05, 0) is 31.9 Å². The molecule has 0 bridgehead atoms. The largest absolute Gasteiger partial charge is 0.321 e. The van der Waals surface area contributed by atoms with Crippen LogP contribution >= 0.6 is 0 Å². The van der Waals surface area contributed by atoms with Crippen LogP contribution in [0, 0.1) is 19.7 Å². The van der Waals surface area contributed by atoms with Gasteiger partial charge in [0.25, 0.3) is 0 Å². The number of nitrogens with two attached hydrogens (primary N) is 1. The topological polar surface area (TPSA) is 43.1 Å². The predicted molar refractivity (Wildman–Crippen MR) is 53.9 cm³/mol. The number of benzene rings is 1. The molecule has 1 aromatic carbocycles. The van der Waals surface area contributed by atoms with Crippen LogP contribution in [0.25, 0.3) is 0 Å². The highest BCUT2D eigenvalue weighted by atomic mass is 19.1. The summed E-state index contributed by atoms with van der Waals surface area (Å²) in [4.78, 5) is 11.6. The van der Waals surface area contributed by atoms with Gasteiger partial charge in [0.15, 0.2) is 5.78 Å². The third kappa shape index (κ3) is 1.82. The molecular weight excluding hydrogens is 181 g/mol. The number of Topliss-reactive ketones (excluding diaryl/α,β-unsaturated/α-hetero) is 1. The van der Waals surface area contributed by atoms with Crippen LogP contribution in [0.1, 0.15) is 28.4 Å². The fourth-order valence-electron chi connectivity index (χ4n) is 1.31. The molecule has 3 heteroatoms. The van der Waals surface area contributed by atoms with Gasteiger partial charge in [0.1, 0.15) is 5.82 Å². The molecule has 2 N–H and O–H groups in total. The Labute approximate surface area is 82.9 Å². The van der Waals surface area contributed by atoms with Crippen molar-refractivity contribution in [1.29, 1.82) is 0 Å². The van der Waals surface area contributed by atoms with E-state index in [2.05, 4.69) is 0 Å². The third-order valence-corrected chi connectivity index (χ3v) is 2.20. The maximum absolute atomic E-state index is 13.6. The summed E-state index contributed by atoms with van der Waals surface area (Å²) in [7, 11) is 0. The first-order valence-electron chi connectivity index (χ1n) is 4.50. The van der Waals surface area contributed by atoms with E-state index in [-0.39, 0.29) is 11.3 Å². The lowest BCUT2D eigenvalue weighted by molar-refractivity contribution is 0.0963. The second-order valence-electron chi connectivity index (χ2n) is 3.54. The van der Waals surface area contributed by atoms with Gasteiger partial charge in [-0.2, -0.15) is 0 Å². The molecule has 0 spiro atoms. The number of hydrogen-bond donors (Lipinski definition) is 1. The number of rotatable bonds is 2. The Morgan fingerprint density at radius 2 is 1.86 bits per heavy atom. The zero-order chi connectivity index (χ0) is 10.9. The van der Waals surface area contributed by atoms with Gasteiger partial charge < -0.3 is 5.73 Å². The van der Waals surface area contributed by atoms with Crippen LogP contribution in [0.4, 0.5) is 4.39 Å². The quantitative estimate of drug-likeness (QED) is 0.733. The summed E-state index contributed by atoms with van der Waals surface area (Å²) in [5.41, 5.74) is 6.67. The van der Waals surface area contributed by atoms with Gasteiger partial charge in [-0.3, -0.25) is 4.79 Å². The van der Waals surface area contributed by atoms with Crippen LogP contribution in [-0.2, 0) is 0 Å². The molecule has 0 aliphatic rings. The summed E-state index contributed by atoms with van der Waals surface area (Å²) in [6, 6.07) is 2.72. The summed E-state index contributed by atoms with van der Waals surface area (Å²) >= 11 is 0. The normalized spacial score (nSPS) is 12.6. The van der Waals surface area contributed by atoms with Gasteiger partial charge in [0, 0.05) is 0 Å². The zero-order valence-corrected chi connectivity index (χ0v) is 8.60. The Morgan fingerprint density at radius 1 is 1.36 bits per heavy atom. The lowest BCUT2D eigenvalue weighted by atomic mass is 9.98. The second kappa shape index (κ2) is 3.88. The van der Waals surface area contributed by atoms with E-state index in [1.165, 1.54) is 0 Å². The fourth-order valence-corrected chi connectivity index (χ4v) is 1.31. The lowest BCUT2D eigenvalue weighted by Crippen LogP contribution is -2.28. The van der Waals surface area contributed by atoms with E-state index in [0.717, 1.165) is 0 Å². The molecule has 0 aliphatic heterocycles. The van der Waals surface area contributed by atoms with Crippen molar-refractivity contribution in [2.45, 2.75) is 26.8 Å². The summed E-state index contributed by atoms with van der Waals surface area (Å²) in [6.07, 6.45) is 0. The van der Waals surface area contributed by atoms with Crippen molar-refractivity contribution in [3.8, 4) is 0 Å². The van der Waals surface area contributed by atoms with Gasteiger partial charge in [-0.25, -0.2) is 4.39 Å². The maximum Gasteiger partial charge on any atom is 0.182 e. The van der Waals surface area contributed by atoms with Gasteiger partial charge in [0.2, 0.25) is 0 Å². The molecule has 0 radical (unpaired) electrons. The number of carbonyl (C=O) groups is 1. The van der Waals surface area contributed by atoms with Crippen molar-refractivity contribution in [2.75, 3.05) is 0 Å². The minimum Gasteiger partial charge on any atom is -0.321 e. The van der Waals surface area contributed by atoms with E-state index < -0.39 is 11.9 Å². The summed E-state index contributed by atoms with van der Waals surface area (Å²) in [5, 5.41) is 0. The van der Waals surface area contributed by atoms with E-state index in [9.17, 15) is 9.18 Å². The molecular formula is C11H14FNO. The van der Waals surface area contributed by atoms with E-state index >= 15 is 0 Å². The SMILES string of the molecule is Cc1ccc(C)c(C(=O)C(C)N)c1F. The van der Waals surface area contributed by atoms with Crippen molar-refractivity contribution in [3.05, 3.63) is 34.6 Å². The number of hydrogen-bond acceptors (Lipinski definition) is 2. The standard InChI is InChI=1S/C11H14FNO/c1-6-4-5-7(2)10(12)9(6)11(14)8(3)13/h4-5,8H,13H2,1-3H3. The van der Waals surface area contributed by atoms with E-state index in [1.807, 2.05) is 0 Å². The number of aryl methyl sites for hydroxylation is 2. The number of carbonyl (C=O) groups excluding carboxylic acids is 1. The molecule has 2 nitrogen and oxygen atoms in total. The van der Waals surface area contributed by atoms with E-state index in [1.54, 1.807) is 32.9 Å². The first kappa shape index (κ1) is 10.9. The highest BCUT2D eigenvalue weighted by molar-refractivity contribution is 6.01. The minimum atomic E-state index is -0.662. The van der Waals surface area contributed by atoms with Crippen molar-refractivity contribution in [3.63, 3.8) is 0 Å². The van der Waals surface area contributed by atoms with Crippen LogP contribution in [0.2, 0.25) is 0 Å². The highest BCUT2D eigenvalue weighted by Gasteiger charge is 2.19. The summed E-state index contributed by atoms with van der Waals surface area (Å²) < 4.78 is 13.6. The van der Waals surface area contributed by atoms with Crippen LogP contribution in [0.15, 0.2) is 12.1 Å². The molecule has 0 aliphatic carbocycles. The van der Waals surface area contributed by atoms with Crippen LogP contribution in [0.3, 0.4) is 0 Å². The van der Waals surface area contributed by atoms with Crippen LogP contribution in [-0.4, -0.2) is 11.8 Å². The first-order chi connectivity index (χ1) is 6.45. The fraction of sp³-hybridized carbons (Fsp3) is 0.364. The lowest BCUT2D eigenvalue weighted by Gasteiger charge is -2.10. The molecule has 1 unspecified atom stereocenters. The highest BCUT2D eigenvalue weighted by Crippen LogP contribution is 2.18. The Kier molecular flexibility index (Phi) is 3.01. The van der Waals surface area contributed by atoms with Gasteiger partial charge in [-0.15, -0.1) is 0 Å². The average molecular weight is 195 g/mol. The molecule has 14 heavy (non-hydrogen) atoms.